The summed E-state index contributed by atoms with van der Waals surface area (Å²) in [7, 11) is 0. The Labute approximate surface area is 79.4 Å². The van der Waals surface area contributed by atoms with Crippen molar-refractivity contribution in [2.75, 3.05) is 13.2 Å². The summed E-state index contributed by atoms with van der Waals surface area (Å²) in [6.45, 7) is 5.05. The average molecular weight is 186 g/mol. The second-order valence-corrected chi connectivity index (χ2v) is 3.48. The quantitative estimate of drug-likeness (QED) is 0.656. The standard InChI is InChI=1S/C10H18O3/c1-3-12-10-9(6-7-13-10)5-4-8(2)11/h9-10H,3-7H2,1-2H3/t9-,10+/m1/s1. The zero-order valence-corrected chi connectivity index (χ0v) is 8.41. The van der Waals surface area contributed by atoms with E-state index < -0.39 is 0 Å². The number of Topliss-reactive ketones (excluding diaryl/α,β-unsaturated/α-hetero) is 1. The van der Waals surface area contributed by atoms with Gasteiger partial charge in [0.1, 0.15) is 5.78 Å². The minimum Gasteiger partial charge on any atom is -0.353 e. The van der Waals surface area contributed by atoms with E-state index in [1.807, 2.05) is 6.92 Å². The summed E-state index contributed by atoms with van der Waals surface area (Å²) < 4.78 is 10.8. The van der Waals surface area contributed by atoms with E-state index in [0.29, 0.717) is 18.9 Å². The summed E-state index contributed by atoms with van der Waals surface area (Å²) in [6.07, 6.45) is 2.51. The molecule has 3 heteroatoms. The van der Waals surface area contributed by atoms with Crippen LogP contribution in [-0.2, 0) is 14.3 Å². The van der Waals surface area contributed by atoms with E-state index in [-0.39, 0.29) is 12.1 Å². The van der Waals surface area contributed by atoms with Crippen molar-refractivity contribution < 1.29 is 14.3 Å². The molecule has 0 aromatic heterocycles. The Morgan fingerprint density at radius 1 is 1.62 bits per heavy atom. The molecule has 0 amide bonds. The highest BCUT2D eigenvalue weighted by atomic mass is 16.7. The molecule has 1 saturated heterocycles. The third-order valence-electron chi connectivity index (χ3n) is 2.35. The molecule has 2 atom stereocenters. The molecule has 1 rings (SSSR count). The van der Waals surface area contributed by atoms with Gasteiger partial charge in [0, 0.05) is 18.9 Å². The lowest BCUT2D eigenvalue weighted by molar-refractivity contribution is -0.130. The largest absolute Gasteiger partial charge is 0.353 e. The van der Waals surface area contributed by atoms with E-state index in [1.54, 1.807) is 6.92 Å². The lowest BCUT2D eigenvalue weighted by Crippen LogP contribution is -2.20. The van der Waals surface area contributed by atoms with Crippen LogP contribution in [0, 0.1) is 5.92 Å². The third-order valence-corrected chi connectivity index (χ3v) is 2.35. The van der Waals surface area contributed by atoms with E-state index in [1.165, 1.54) is 0 Å². The highest BCUT2D eigenvalue weighted by Crippen LogP contribution is 2.26. The van der Waals surface area contributed by atoms with Gasteiger partial charge in [0.25, 0.3) is 0 Å². The molecular weight excluding hydrogens is 168 g/mol. The summed E-state index contributed by atoms with van der Waals surface area (Å²) in [5.74, 6) is 0.672. The smallest absolute Gasteiger partial charge is 0.160 e. The zero-order chi connectivity index (χ0) is 9.68. The average Bonchev–Trinajstić information content (AvgIpc) is 2.49. The van der Waals surface area contributed by atoms with Crippen LogP contribution in [0.2, 0.25) is 0 Å². The van der Waals surface area contributed by atoms with Crippen molar-refractivity contribution >= 4 is 5.78 Å². The first-order chi connectivity index (χ1) is 6.24. The minimum atomic E-state index is -0.0654. The van der Waals surface area contributed by atoms with Crippen LogP contribution in [0.1, 0.15) is 33.1 Å². The molecule has 13 heavy (non-hydrogen) atoms. The summed E-state index contributed by atoms with van der Waals surface area (Å²) >= 11 is 0. The molecule has 1 heterocycles. The Hall–Kier alpha value is -0.410. The van der Waals surface area contributed by atoms with Crippen molar-refractivity contribution in [2.24, 2.45) is 5.92 Å². The van der Waals surface area contributed by atoms with Gasteiger partial charge in [-0.2, -0.15) is 0 Å². The summed E-state index contributed by atoms with van der Waals surface area (Å²) in [4.78, 5) is 10.8. The lowest BCUT2D eigenvalue weighted by Gasteiger charge is -2.17. The number of ketones is 1. The minimum absolute atomic E-state index is 0.0654. The topological polar surface area (TPSA) is 35.5 Å². The molecule has 0 saturated carbocycles. The van der Waals surface area contributed by atoms with Crippen LogP contribution in [0.5, 0.6) is 0 Å². The van der Waals surface area contributed by atoms with Crippen LogP contribution in [0.3, 0.4) is 0 Å². The fourth-order valence-electron chi connectivity index (χ4n) is 1.63. The number of carbonyl (C=O) groups is 1. The molecule has 0 spiro atoms. The number of hydrogen-bond acceptors (Lipinski definition) is 3. The van der Waals surface area contributed by atoms with E-state index >= 15 is 0 Å². The number of ether oxygens (including phenoxy) is 2. The SMILES string of the molecule is CCO[C@H]1OCC[C@H]1CCC(C)=O. The third kappa shape index (κ3) is 3.44. The van der Waals surface area contributed by atoms with Gasteiger partial charge in [0.2, 0.25) is 0 Å². The number of carbonyl (C=O) groups excluding carboxylic acids is 1. The molecule has 0 aromatic rings. The van der Waals surface area contributed by atoms with Crippen molar-refractivity contribution in [2.45, 2.75) is 39.4 Å². The molecule has 0 N–H and O–H groups in total. The maximum atomic E-state index is 10.8. The van der Waals surface area contributed by atoms with Gasteiger partial charge in [-0.25, -0.2) is 0 Å². The molecule has 1 aliphatic heterocycles. The molecule has 0 unspecified atom stereocenters. The van der Waals surface area contributed by atoms with Crippen LogP contribution in [0.15, 0.2) is 0 Å². The fraction of sp³-hybridized carbons (Fsp3) is 0.900. The number of hydrogen-bond donors (Lipinski definition) is 0. The predicted octanol–water partition coefficient (Wildman–Crippen LogP) is 1.75. The van der Waals surface area contributed by atoms with Crippen LogP contribution < -0.4 is 0 Å². The second-order valence-electron chi connectivity index (χ2n) is 3.48. The molecule has 1 aliphatic rings. The lowest BCUT2D eigenvalue weighted by atomic mass is 10.00. The van der Waals surface area contributed by atoms with Crippen LogP contribution in [0.4, 0.5) is 0 Å². The molecule has 3 nitrogen and oxygen atoms in total. The number of rotatable bonds is 5. The maximum Gasteiger partial charge on any atom is 0.160 e. The van der Waals surface area contributed by atoms with Crippen LogP contribution in [-0.4, -0.2) is 25.3 Å². The van der Waals surface area contributed by atoms with Crippen molar-refractivity contribution in [3.05, 3.63) is 0 Å². The molecule has 0 aliphatic carbocycles. The maximum absolute atomic E-state index is 10.8. The van der Waals surface area contributed by atoms with Crippen LogP contribution >= 0.6 is 0 Å². The Morgan fingerprint density at radius 2 is 2.38 bits per heavy atom. The van der Waals surface area contributed by atoms with E-state index in [2.05, 4.69) is 0 Å². The molecule has 1 fully saturated rings. The fourth-order valence-corrected chi connectivity index (χ4v) is 1.63. The molecule has 0 radical (unpaired) electrons. The summed E-state index contributed by atoms with van der Waals surface area (Å²) in [5.41, 5.74) is 0. The van der Waals surface area contributed by atoms with Crippen molar-refractivity contribution in [3.63, 3.8) is 0 Å². The molecule has 0 bridgehead atoms. The highest BCUT2D eigenvalue weighted by Gasteiger charge is 2.28. The normalized spacial score (nSPS) is 27.8. The first-order valence-electron chi connectivity index (χ1n) is 4.96. The summed E-state index contributed by atoms with van der Waals surface area (Å²) in [5, 5.41) is 0. The van der Waals surface area contributed by atoms with E-state index in [4.69, 9.17) is 9.47 Å². The van der Waals surface area contributed by atoms with E-state index in [0.717, 1.165) is 19.4 Å². The first kappa shape index (κ1) is 10.7. The molecule has 76 valence electrons. The van der Waals surface area contributed by atoms with Gasteiger partial charge in [-0.05, 0) is 26.7 Å². The van der Waals surface area contributed by atoms with Gasteiger partial charge in [-0.1, -0.05) is 0 Å². The molecule has 0 aromatic carbocycles. The monoisotopic (exact) mass is 186 g/mol. The van der Waals surface area contributed by atoms with E-state index in [9.17, 15) is 4.79 Å². The van der Waals surface area contributed by atoms with Gasteiger partial charge in [-0.3, -0.25) is 0 Å². The first-order valence-corrected chi connectivity index (χ1v) is 4.96. The highest BCUT2D eigenvalue weighted by molar-refractivity contribution is 5.75. The Bertz CT molecular complexity index is 168. The van der Waals surface area contributed by atoms with Crippen LogP contribution in [0.25, 0.3) is 0 Å². The van der Waals surface area contributed by atoms with Gasteiger partial charge in [0.05, 0.1) is 6.61 Å². The Balaban J connectivity index is 2.26. The van der Waals surface area contributed by atoms with Crippen molar-refractivity contribution in [3.8, 4) is 0 Å². The van der Waals surface area contributed by atoms with Crippen molar-refractivity contribution in [1.82, 2.24) is 0 Å². The van der Waals surface area contributed by atoms with Gasteiger partial charge >= 0.3 is 0 Å². The second kappa shape index (κ2) is 5.35. The summed E-state index contributed by atoms with van der Waals surface area (Å²) in [6, 6.07) is 0. The zero-order valence-electron chi connectivity index (χ0n) is 8.41. The Morgan fingerprint density at radius 3 is 3.00 bits per heavy atom. The van der Waals surface area contributed by atoms with Gasteiger partial charge < -0.3 is 14.3 Å². The Kier molecular flexibility index (Phi) is 4.39. The van der Waals surface area contributed by atoms with Gasteiger partial charge in [-0.15, -0.1) is 0 Å². The van der Waals surface area contributed by atoms with Crippen molar-refractivity contribution in [1.29, 1.82) is 0 Å². The predicted molar refractivity (Wildman–Crippen MR) is 49.4 cm³/mol. The molecular formula is C10H18O3. The van der Waals surface area contributed by atoms with Gasteiger partial charge in [0.15, 0.2) is 6.29 Å².